The summed E-state index contributed by atoms with van der Waals surface area (Å²) in [6.07, 6.45) is 3.19. The number of anilines is 1. The van der Waals surface area contributed by atoms with Crippen LogP contribution < -0.4 is 5.32 Å². The molecule has 5 heteroatoms. The van der Waals surface area contributed by atoms with Crippen LogP contribution in [0.4, 0.5) is 5.82 Å². The Balaban J connectivity index is 2.50. The number of carbonyl (C=O) groups is 1. The van der Waals surface area contributed by atoms with E-state index in [4.69, 9.17) is 4.74 Å². The quantitative estimate of drug-likeness (QED) is 0.721. The monoisotopic (exact) mass is 294 g/mol. The van der Waals surface area contributed by atoms with Crippen LogP contribution in [0.2, 0.25) is 0 Å². The third-order valence-corrected chi connectivity index (χ3v) is 3.19. The Kier molecular flexibility index (Phi) is 6.62. The molecule has 0 saturated carbocycles. The van der Waals surface area contributed by atoms with Crippen LogP contribution in [0.1, 0.15) is 50.9 Å². The van der Waals surface area contributed by atoms with Gasteiger partial charge in [-0.15, -0.1) is 0 Å². The highest BCUT2D eigenvalue weighted by Crippen LogP contribution is 2.17. The minimum absolute atomic E-state index is 0.345. The summed E-state index contributed by atoms with van der Waals surface area (Å²) in [6.45, 7) is 8.62. The van der Waals surface area contributed by atoms with Gasteiger partial charge < -0.3 is 15.2 Å². The Morgan fingerprint density at radius 3 is 2.71 bits per heavy atom. The van der Waals surface area contributed by atoms with Crippen molar-refractivity contribution in [2.24, 2.45) is 5.92 Å². The molecule has 0 aliphatic carbocycles. The van der Waals surface area contributed by atoms with Crippen molar-refractivity contribution in [3.05, 3.63) is 23.9 Å². The zero-order valence-electron chi connectivity index (χ0n) is 13.3. The van der Waals surface area contributed by atoms with Gasteiger partial charge in [-0.1, -0.05) is 13.8 Å². The fraction of sp³-hybridized carbons (Fsp3) is 0.625. The van der Waals surface area contributed by atoms with E-state index in [9.17, 15) is 9.90 Å². The molecule has 0 amide bonds. The molecule has 0 saturated heterocycles. The topological polar surface area (TPSA) is 71.5 Å². The average Bonchev–Trinajstić information content (AvgIpc) is 2.44. The van der Waals surface area contributed by atoms with E-state index < -0.39 is 5.60 Å². The van der Waals surface area contributed by atoms with Crippen molar-refractivity contribution in [2.45, 2.75) is 46.1 Å². The molecule has 21 heavy (non-hydrogen) atoms. The van der Waals surface area contributed by atoms with Crippen LogP contribution in [0.15, 0.2) is 18.3 Å². The van der Waals surface area contributed by atoms with Crippen LogP contribution in [0, 0.1) is 5.92 Å². The maximum Gasteiger partial charge on any atom is 0.339 e. The van der Waals surface area contributed by atoms with Crippen molar-refractivity contribution in [1.29, 1.82) is 0 Å². The lowest BCUT2D eigenvalue weighted by Gasteiger charge is -2.24. The van der Waals surface area contributed by atoms with Crippen LogP contribution in [0.5, 0.6) is 0 Å². The van der Waals surface area contributed by atoms with Crippen molar-refractivity contribution < 1.29 is 14.6 Å². The maximum absolute atomic E-state index is 11.5. The minimum Gasteiger partial charge on any atom is -0.462 e. The molecule has 0 aliphatic heterocycles. The summed E-state index contributed by atoms with van der Waals surface area (Å²) in [7, 11) is 0. The van der Waals surface area contributed by atoms with Gasteiger partial charge in [0.1, 0.15) is 5.82 Å². The number of nitrogens with zero attached hydrogens (tertiary/aromatic N) is 1. The predicted octanol–water partition coefficient (Wildman–Crippen LogP) is 2.86. The number of ether oxygens (including phenoxy) is 1. The number of hydrogen-bond donors (Lipinski definition) is 2. The smallest absolute Gasteiger partial charge is 0.339 e. The SMILES string of the molecule is CCOC(=O)c1ccc(NCC(C)(O)CCC(C)C)nc1. The molecule has 0 spiro atoms. The van der Waals surface area contributed by atoms with Crippen LogP contribution in [0.25, 0.3) is 0 Å². The highest BCUT2D eigenvalue weighted by molar-refractivity contribution is 5.89. The molecule has 0 radical (unpaired) electrons. The van der Waals surface area contributed by atoms with Gasteiger partial charge in [-0.2, -0.15) is 0 Å². The van der Waals surface area contributed by atoms with E-state index in [0.717, 1.165) is 12.8 Å². The molecular weight excluding hydrogens is 268 g/mol. The maximum atomic E-state index is 11.5. The lowest BCUT2D eigenvalue weighted by molar-refractivity contribution is 0.0524. The van der Waals surface area contributed by atoms with Gasteiger partial charge >= 0.3 is 5.97 Å². The van der Waals surface area contributed by atoms with Gasteiger partial charge in [-0.25, -0.2) is 9.78 Å². The van der Waals surface area contributed by atoms with E-state index in [1.807, 2.05) is 6.92 Å². The molecule has 5 nitrogen and oxygen atoms in total. The number of aromatic nitrogens is 1. The van der Waals surface area contributed by atoms with Gasteiger partial charge in [0, 0.05) is 12.7 Å². The molecule has 2 N–H and O–H groups in total. The molecule has 118 valence electrons. The highest BCUT2D eigenvalue weighted by atomic mass is 16.5. The molecule has 0 aliphatic rings. The molecule has 1 rings (SSSR count). The second kappa shape index (κ2) is 7.98. The molecule has 0 bridgehead atoms. The third kappa shape index (κ3) is 6.58. The summed E-state index contributed by atoms with van der Waals surface area (Å²) >= 11 is 0. The average molecular weight is 294 g/mol. The highest BCUT2D eigenvalue weighted by Gasteiger charge is 2.20. The van der Waals surface area contributed by atoms with Crippen molar-refractivity contribution >= 4 is 11.8 Å². The first-order chi connectivity index (χ1) is 9.84. The van der Waals surface area contributed by atoms with E-state index in [1.165, 1.54) is 6.20 Å². The van der Waals surface area contributed by atoms with Gasteiger partial charge in [-0.3, -0.25) is 0 Å². The largest absolute Gasteiger partial charge is 0.462 e. The summed E-state index contributed by atoms with van der Waals surface area (Å²) in [5.41, 5.74) is -0.347. The minimum atomic E-state index is -0.772. The lowest BCUT2D eigenvalue weighted by Crippen LogP contribution is -2.34. The molecule has 0 fully saturated rings. The van der Waals surface area contributed by atoms with Crippen molar-refractivity contribution in [3.8, 4) is 0 Å². The molecule has 1 aromatic rings. The van der Waals surface area contributed by atoms with Crippen LogP contribution in [-0.2, 0) is 4.74 Å². The van der Waals surface area contributed by atoms with Gasteiger partial charge in [0.25, 0.3) is 0 Å². The van der Waals surface area contributed by atoms with E-state index in [-0.39, 0.29) is 5.97 Å². The van der Waals surface area contributed by atoms with E-state index in [0.29, 0.717) is 30.5 Å². The van der Waals surface area contributed by atoms with Gasteiger partial charge in [0.05, 0.1) is 17.8 Å². The third-order valence-electron chi connectivity index (χ3n) is 3.19. The summed E-state index contributed by atoms with van der Waals surface area (Å²) in [5.74, 6) is 0.826. The number of aliphatic hydroxyl groups is 1. The molecule has 1 heterocycles. The van der Waals surface area contributed by atoms with Gasteiger partial charge in [-0.05, 0) is 44.7 Å². The molecule has 1 unspecified atom stereocenters. The zero-order chi connectivity index (χ0) is 15.9. The number of carbonyl (C=O) groups excluding carboxylic acids is 1. The normalized spacial score (nSPS) is 13.8. The fourth-order valence-corrected chi connectivity index (χ4v) is 1.80. The summed E-state index contributed by atoms with van der Waals surface area (Å²) < 4.78 is 4.90. The van der Waals surface area contributed by atoms with Crippen LogP contribution >= 0.6 is 0 Å². The Labute approximate surface area is 126 Å². The van der Waals surface area contributed by atoms with Crippen molar-refractivity contribution in [1.82, 2.24) is 4.98 Å². The Morgan fingerprint density at radius 1 is 1.48 bits per heavy atom. The van der Waals surface area contributed by atoms with Crippen molar-refractivity contribution in [2.75, 3.05) is 18.5 Å². The lowest BCUT2D eigenvalue weighted by atomic mass is 9.95. The molecule has 1 aromatic heterocycles. The van der Waals surface area contributed by atoms with E-state index >= 15 is 0 Å². The van der Waals surface area contributed by atoms with E-state index in [1.54, 1.807) is 19.1 Å². The summed E-state index contributed by atoms with van der Waals surface area (Å²) in [6, 6.07) is 3.38. The zero-order valence-corrected chi connectivity index (χ0v) is 13.3. The van der Waals surface area contributed by atoms with Gasteiger partial charge in [0.2, 0.25) is 0 Å². The number of hydrogen-bond acceptors (Lipinski definition) is 5. The molecule has 1 atom stereocenters. The van der Waals surface area contributed by atoms with Crippen LogP contribution in [0.3, 0.4) is 0 Å². The Hall–Kier alpha value is -1.62. The van der Waals surface area contributed by atoms with E-state index in [2.05, 4.69) is 24.1 Å². The van der Waals surface area contributed by atoms with Gasteiger partial charge in [0.15, 0.2) is 0 Å². The first-order valence-corrected chi connectivity index (χ1v) is 7.43. The first kappa shape index (κ1) is 17.4. The number of nitrogens with one attached hydrogen (secondary N) is 1. The summed E-state index contributed by atoms with van der Waals surface area (Å²) in [5, 5.41) is 13.4. The van der Waals surface area contributed by atoms with Crippen LogP contribution in [-0.4, -0.2) is 34.8 Å². The van der Waals surface area contributed by atoms with Crippen molar-refractivity contribution in [3.63, 3.8) is 0 Å². The molecular formula is C16H26N2O3. The number of esters is 1. The first-order valence-electron chi connectivity index (χ1n) is 7.43. The number of pyridine rings is 1. The summed E-state index contributed by atoms with van der Waals surface area (Å²) in [4.78, 5) is 15.7. The second-order valence-corrected chi connectivity index (χ2v) is 5.94. The Morgan fingerprint density at radius 2 is 2.19 bits per heavy atom. The Bertz CT molecular complexity index is 441. The second-order valence-electron chi connectivity index (χ2n) is 5.94. The predicted molar refractivity (Wildman–Crippen MR) is 83.4 cm³/mol. The number of rotatable bonds is 8. The standard InChI is InChI=1S/C16H26N2O3/c1-5-21-15(19)13-6-7-14(17-10-13)18-11-16(4,20)9-8-12(2)3/h6-7,10,12,20H,5,8-9,11H2,1-4H3,(H,17,18). The fourth-order valence-electron chi connectivity index (χ4n) is 1.80. The molecule has 0 aromatic carbocycles.